The molecule has 1 rings (SSSR count). The molecule has 0 aliphatic rings. The van der Waals surface area contributed by atoms with Gasteiger partial charge in [0.1, 0.15) is 12.4 Å². The highest BCUT2D eigenvalue weighted by Gasteiger charge is 2.02. The van der Waals surface area contributed by atoms with Crippen LogP contribution in [0.2, 0.25) is 0 Å². The summed E-state index contributed by atoms with van der Waals surface area (Å²) in [5.41, 5.74) is 0.742. The van der Waals surface area contributed by atoms with Crippen molar-refractivity contribution in [3.05, 3.63) is 24.3 Å². The van der Waals surface area contributed by atoms with Crippen molar-refractivity contribution >= 4 is 24.0 Å². The van der Waals surface area contributed by atoms with Crippen LogP contribution in [0.5, 0.6) is 5.75 Å². The van der Waals surface area contributed by atoms with Crippen molar-refractivity contribution in [2.45, 2.75) is 6.42 Å². The summed E-state index contributed by atoms with van der Waals surface area (Å²) >= 11 is 0. The normalized spacial score (nSPS) is 9.58. The fourth-order valence-electron chi connectivity index (χ4n) is 1.37. The maximum Gasteiger partial charge on any atom is 0.225 e. The van der Waals surface area contributed by atoms with Crippen LogP contribution in [0.4, 0.5) is 5.69 Å². The van der Waals surface area contributed by atoms with E-state index in [0.29, 0.717) is 26.2 Å². The van der Waals surface area contributed by atoms with Gasteiger partial charge in [0.15, 0.2) is 0 Å². The Hall–Kier alpha value is -1.30. The Kier molecular flexibility index (Phi) is 9.88. The minimum Gasteiger partial charge on any atom is -0.491 e. The first kappa shape index (κ1) is 17.7. The molecule has 0 saturated carbocycles. The smallest absolute Gasteiger partial charge is 0.225 e. The van der Waals surface area contributed by atoms with Gasteiger partial charge in [0.2, 0.25) is 5.91 Å². The predicted octanol–water partition coefficient (Wildman–Crippen LogP) is 1.68. The summed E-state index contributed by atoms with van der Waals surface area (Å²) < 4.78 is 10.4. The molecule has 0 atom stereocenters. The number of rotatable bonds is 8. The average Bonchev–Trinajstić information content (AvgIpc) is 2.37. The minimum atomic E-state index is -0.0154. The molecule has 0 fully saturated rings. The molecule has 2 N–H and O–H groups in total. The number of benzene rings is 1. The molecular weight excluding hydrogens is 268 g/mol. The highest BCUT2D eigenvalue weighted by Crippen LogP contribution is 2.17. The lowest BCUT2D eigenvalue weighted by atomic mass is 10.3. The Morgan fingerprint density at radius 2 is 2.11 bits per heavy atom. The molecule has 0 bridgehead atoms. The Balaban J connectivity index is 0.00000324. The topological polar surface area (TPSA) is 59.6 Å². The van der Waals surface area contributed by atoms with Gasteiger partial charge in [-0.05, 0) is 19.2 Å². The number of carbonyl (C=O) groups excluding carboxylic acids is 1. The molecule has 0 heterocycles. The predicted molar refractivity (Wildman–Crippen MR) is 78.2 cm³/mol. The summed E-state index contributed by atoms with van der Waals surface area (Å²) in [6, 6.07) is 7.32. The molecule has 0 aliphatic heterocycles. The first-order valence-corrected chi connectivity index (χ1v) is 5.92. The number of anilines is 1. The van der Waals surface area contributed by atoms with E-state index in [1.165, 1.54) is 0 Å². The summed E-state index contributed by atoms with van der Waals surface area (Å²) in [6.07, 6.45) is 0.450. The van der Waals surface area contributed by atoms with Gasteiger partial charge in [-0.15, -0.1) is 12.4 Å². The van der Waals surface area contributed by atoms with Gasteiger partial charge in [0, 0.05) is 31.8 Å². The molecule has 1 aromatic carbocycles. The number of amides is 1. The summed E-state index contributed by atoms with van der Waals surface area (Å²) in [6.45, 7) is 1.70. The molecule has 19 heavy (non-hydrogen) atoms. The van der Waals surface area contributed by atoms with E-state index in [4.69, 9.17) is 9.47 Å². The van der Waals surface area contributed by atoms with Crippen molar-refractivity contribution in [2.75, 3.05) is 39.2 Å². The van der Waals surface area contributed by atoms with E-state index in [1.54, 1.807) is 13.2 Å². The van der Waals surface area contributed by atoms with E-state index in [9.17, 15) is 4.79 Å². The van der Waals surface area contributed by atoms with Gasteiger partial charge < -0.3 is 20.1 Å². The van der Waals surface area contributed by atoms with Crippen molar-refractivity contribution < 1.29 is 14.3 Å². The van der Waals surface area contributed by atoms with E-state index in [1.807, 2.05) is 25.2 Å². The van der Waals surface area contributed by atoms with Gasteiger partial charge in [-0.2, -0.15) is 0 Å². The lowest BCUT2D eigenvalue weighted by Crippen LogP contribution is -2.18. The molecule has 0 radical (unpaired) electrons. The largest absolute Gasteiger partial charge is 0.491 e. The molecule has 0 unspecified atom stereocenters. The van der Waals surface area contributed by atoms with E-state index in [-0.39, 0.29) is 18.3 Å². The molecular formula is C13H21ClN2O3. The molecule has 0 saturated heterocycles. The van der Waals surface area contributed by atoms with Crippen LogP contribution < -0.4 is 15.4 Å². The first-order chi connectivity index (χ1) is 8.76. The van der Waals surface area contributed by atoms with Crippen LogP contribution in [0.15, 0.2) is 24.3 Å². The summed E-state index contributed by atoms with van der Waals surface area (Å²) in [4.78, 5) is 11.5. The van der Waals surface area contributed by atoms with Crippen LogP contribution >= 0.6 is 12.4 Å². The molecule has 5 nitrogen and oxygen atoms in total. The van der Waals surface area contributed by atoms with Gasteiger partial charge >= 0.3 is 0 Å². The second kappa shape index (κ2) is 10.6. The van der Waals surface area contributed by atoms with Crippen LogP contribution in [0.1, 0.15) is 6.42 Å². The monoisotopic (exact) mass is 288 g/mol. The van der Waals surface area contributed by atoms with Crippen molar-refractivity contribution in [1.29, 1.82) is 0 Å². The van der Waals surface area contributed by atoms with E-state index in [0.717, 1.165) is 11.4 Å². The SMILES string of the molecule is CNCCC(=O)Nc1cccc(OCCOC)c1.Cl. The van der Waals surface area contributed by atoms with Gasteiger partial charge in [-0.1, -0.05) is 6.07 Å². The number of carbonyl (C=O) groups is 1. The van der Waals surface area contributed by atoms with Crippen molar-refractivity contribution in [2.24, 2.45) is 0 Å². The van der Waals surface area contributed by atoms with Crippen LogP contribution in [0, 0.1) is 0 Å². The molecule has 1 amide bonds. The van der Waals surface area contributed by atoms with Crippen LogP contribution in [0.3, 0.4) is 0 Å². The number of hydrogen-bond acceptors (Lipinski definition) is 4. The zero-order valence-corrected chi connectivity index (χ0v) is 12.1. The highest BCUT2D eigenvalue weighted by molar-refractivity contribution is 5.90. The maximum atomic E-state index is 11.5. The number of nitrogens with one attached hydrogen (secondary N) is 2. The third-order valence-electron chi connectivity index (χ3n) is 2.28. The molecule has 6 heteroatoms. The van der Waals surface area contributed by atoms with E-state index in [2.05, 4.69) is 10.6 Å². The van der Waals surface area contributed by atoms with Crippen molar-refractivity contribution in [1.82, 2.24) is 5.32 Å². The Labute approximate surface area is 120 Å². The number of hydrogen-bond donors (Lipinski definition) is 2. The maximum absolute atomic E-state index is 11.5. The second-order valence-electron chi connectivity index (χ2n) is 3.77. The summed E-state index contributed by atoms with van der Waals surface area (Å²) in [7, 11) is 3.44. The molecule has 0 aliphatic carbocycles. The lowest BCUT2D eigenvalue weighted by molar-refractivity contribution is -0.116. The molecule has 0 spiro atoms. The van der Waals surface area contributed by atoms with Crippen molar-refractivity contribution in [3.63, 3.8) is 0 Å². The molecule has 1 aromatic rings. The Bertz CT molecular complexity index is 375. The summed E-state index contributed by atoms with van der Waals surface area (Å²) in [5.74, 6) is 0.705. The highest BCUT2D eigenvalue weighted by atomic mass is 35.5. The Morgan fingerprint density at radius 1 is 1.32 bits per heavy atom. The third kappa shape index (κ3) is 7.66. The Morgan fingerprint density at radius 3 is 2.79 bits per heavy atom. The summed E-state index contributed by atoms with van der Waals surface area (Å²) in [5, 5.41) is 5.75. The average molecular weight is 289 g/mol. The molecule has 0 aromatic heterocycles. The fraction of sp³-hybridized carbons (Fsp3) is 0.462. The van der Waals surface area contributed by atoms with Gasteiger partial charge in [-0.25, -0.2) is 0 Å². The van der Waals surface area contributed by atoms with Gasteiger partial charge in [0.25, 0.3) is 0 Å². The zero-order chi connectivity index (χ0) is 13.2. The van der Waals surface area contributed by atoms with E-state index >= 15 is 0 Å². The number of ether oxygens (including phenoxy) is 2. The van der Waals surface area contributed by atoms with Crippen LogP contribution in [-0.2, 0) is 9.53 Å². The third-order valence-corrected chi connectivity index (χ3v) is 2.28. The number of halogens is 1. The van der Waals surface area contributed by atoms with E-state index < -0.39 is 0 Å². The lowest BCUT2D eigenvalue weighted by Gasteiger charge is -2.08. The van der Waals surface area contributed by atoms with Gasteiger partial charge in [-0.3, -0.25) is 4.79 Å². The first-order valence-electron chi connectivity index (χ1n) is 5.92. The minimum absolute atomic E-state index is 0. The van der Waals surface area contributed by atoms with Crippen LogP contribution in [0.25, 0.3) is 0 Å². The standard InChI is InChI=1S/C13H20N2O3.ClH/c1-14-7-6-13(16)15-11-4-3-5-12(10-11)18-9-8-17-2;/h3-5,10,14H,6-9H2,1-2H3,(H,15,16);1H. The second-order valence-corrected chi connectivity index (χ2v) is 3.77. The van der Waals surface area contributed by atoms with Gasteiger partial charge in [0.05, 0.1) is 6.61 Å². The fourth-order valence-corrected chi connectivity index (χ4v) is 1.37. The molecule has 108 valence electrons. The zero-order valence-electron chi connectivity index (χ0n) is 11.3. The number of methoxy groups -OCH3 is 1. The quantitative estimate of drug-likeness (QED) is 0.715. The van der Waals surface area contributed by atoms with Crippen molar-refractivity contribution in [3.8, 4) is 5.75 Å². The van der Waals surface area contributed by atoms with Crippen LogP contribution in [-0.4, -0.2) is 39.8 Å².